The number of urea groups is 1. The topological polar surface area (TPSA) is 74.5 Å². The summed E-state index contributed by atoms with van der Waals surface area (Å²) < 4.78 is 4.87. The van der Waals surface area contributed by atoms with Crippen molar-refractivity contribution in [3.63, 3.8) is 0 Å². The fourth-order valence-electron chi connectivity index (χ4n) is 0.707. The first-order chi connectivity index (χ1) is 6.22. The lowest BCUT2D eigenvalue weighted by atomic mass is 10.6. The van der Waals surface area contributed by atoms with Gasteiger partial charge in [-0.3, -0.25) is 5.32 Å². The molecule has 13 heavy (non-hydrogen) atoms. The Labute approximate surface area is 79.7 Å². The molecule has 0 atom stereocenters. The van der Waals surface area contributed by atoms with Crippen LogP contribution in [0.2, 0.25) is 5.22 Å². The molecule has 0 aliphatic rings. The molecule has 1 aromatic rings. The molecule has 0 bridgehead atoms. The highest BCUT2D eigenvalue weighted by Crippen LogP contribution is 2.16. The van der Waals surface area contributed by atoms with Gasteiger partial charge in [0.25, 0.3) is 0 Å². The van der Waals surface area contributed by atoms with Gasteiger partial charge in [-0.25, -0.2) is 4.79 Å². The maximum atomic E-state index is 10.9. The Bertz CT molecular complexity index is 287. The van der Waals surface area contributed by atoms with E-state index >= 15 is 0 Å². The Balaban J connectivity index is 2.36. The Kier molecular flexibility index (Phi) is 3.60. The molecule has 3 N–H and O–H groups in total. The van der Waals surface area contributed by atoms with Crippen LogP contribution in [0.25, 0.3) is 0 Å². The van der Waals surface area contributed by atoms with Crippen molar-refractivity contribution in [3.8, 4) is 0 Å². The molecule has 0 radical (unpaired) electrons. The number of hydrogen-bond donors (Lipinski definition) is 3. The lowest BCUT2D eigenvalue weighted by Gasteiger charge is -2.02. The first-order valence-electron chi connectivity index (χ1n) is 3.63. The molecule has 0 saturated carbocycles. The molecule has 0 aliphatic heterocycles. The van der Waals surface area contributed by atoms with Crippen molar-refractivity contribution >= 4 is 23.5 Å². The normalized spacial score (nSPS) is 9.69. The molecule has 1 aromatic heterocycles. The summed E-state index contributed by atoms with van der Waals surface area (Å²) in [4.78, 5) is 10.9. The largest absolute Gasteiger partial charge is 0.429 e. The second-order valence-corrected chi connectivity index (χ2v) is 2.58. The van der Waals surface area contributed by atoms with E-state index in [9.17, 15) is 4.79 Å². The van der Waals surface area contributed by atoms with Gasteiger partial charge in [0.05, 0.1) is 6.61 Å². The Hall–Kier alpha value is -1.20. The van der Waals surface area contributed by atoms with Crippen LogP contribution in [0.3, 0.4) is 0 Å². The van der Waals surface area contributed by atoms with Crippen molar-refractivity contribution in [3.05, 3.63) is 17.4 Å². The molecule has 0 aromatic carbocycles. The quantitative estimate of drug-likeness (QED) is 0.689. The van der Waals surface area contributed by atoms with E-state index in [0.29, 0.717) is 0 Å². The molecule has 0 saturated heterocycles. The molecule has 0 aliphatic carbocycles. The van der Waals surface area contributed by atoms with E-state index in [1.165, 1.54) is 12.1 Å². The van der Waals surface area contributed by atoms with Gasteiger partial charge < -0.3 is 14.8 Å². The van der Waals surface area contributed by atoms with Gasteiger partial charge in [-0.05, 0) is 17.7 Å². The van der Waals surface area contributed by atoms with E-state index in [1.807, 2.05) is 0 Å². The summed E-state index contributed by atoms with van der Waals surface area (Å²) in [7, 11) is 0. The number of furan rings is 1. The summed E-state index contributed by atoms with van der Waals surface area (Å²) in [6, 6.07) is 2.60. The van der Waals surface area contributed by atoms with Gasteiger partial charge in [0.15, 0.2) is 5.22 Å². The molecular formula is C7H9ClN2O3. The van der Waals surface area contributed by atoms with Gasteiger partial charge in [0.2, 0.25) is 5.88 Å². The third-order valence-electron chi connectivity index (χ3n) is 1.21. The van der Waals surface area contributed by atoms with Gasteiger partial charge in [-0.2, -0.15) is 0 Å². The van der Waals surface area contributed by atoms with E-state index in [1.54, 1.807) is 0 Å². The summed E-state index contributed by atoms with van der Waals surface area (Å²) in [6.07, 6.45) is 0. The molecule has 2 amide bonds. The van der Waals surface area contributed by atoms with Crippen molar-refractivity contribution in [2.75, 3.05) is 18.5 Å². The van der Waals surface area contributed by atoms with Crippen molar-refractivity contribution in [2.45, 2.75) is 0 Å². The van der Waals surface area contributed by atoms with Crippen molar-refractivity contribution < 1.29 is 14.3 Å². The second-order valence-electron chi connectivity index (χ2n) is 2.21. The van der Waals surface area contributed by atoms with Crippen LogP contribution in [0.5, 0.6) is 0 Å². The van der Waals surface area contributed by atoms with Crippen molar-refractivity contribution in [2.24, 2.45) is 0 Å². The van der Waals surface area contributed by atoms with Crippen LogP contribution >= 0.6 is 11.6 Å². The molecule has 1 heterocycles. The average Bonchev–Trinajstić information content (AvgIpc) is 2.48. The summed E-state index contributed by atoms with van der Waals surface area (Å²) >= 11 is 5.47. The highest BCUT2D eigenvalue weighted by molar-refractivity contribution is 6.29. The minimum atomic E-state index is -0.444. The number of carbonyl (C=O) groups is 1. The van der Waals surface area contributed by atoms with E-state index in [-0.39, 0.29) is 24.3 Å². The highest BCUT2D eigenvalue weighted by atomic mass is 35.5. The summed E-state index contributed by atoms with van der Waals surface area (Å²) in [5.74, 6) is 0.264. The average molecular weight is 205 g/mol. The minimum absolute atomic E-state index is 0.105. The van der Waals surface area contributed by atoms with Gasteiger partial charge in [0.1, 0.15) is 0 Å². The fraction of sp³-hybridized carbons (Fsp3) is 0.286. The number of nitrogens with one attached hydrogen (secondary N) is 2. The van der Waals surface area contributed by atoms with Crippen LogP contribution in [0.1, 0.15) is 0 Å². The zero-order chi connectivity index (χ0) is 9.68. The number of anilines is 1. The van der Waals surface area contributed by atoms with Gasteiger partial charge in [-0.1, -0.05) is 0 Å². The van der Waals surface area contributed by atoms with Gasteiger partial charge in [0, 0.05) is 12.6 Å². The number of carbonyl (C=O) groups excluding carboxylic acids is 1. The molecule has 0 fully saturated rings. The highest BCUT2D eigenvalue weighted by Gasteiger charge is 2.03. The predicted octanol–water partition coefficient (Wildman–Crippen LogP) is 1.05. The summed E-state index contributed by atoms with van der Waals surface area (Å²) in [5, 5.41) is 13.4. The van der Waals surface area contributed by atoms with Gasteiger partial charge in [-0.15, -0.1) is 0 Å². The SMILES string of the molecule is O=C(NCCO)Nc1ccc(Cl)o1. The summed E-state index contributed by atoms with van der Waals surface area (Å²) in [5.41, 5.74) is 0. The third kappa shape index (κ3) is 3.35. The zero-order valence-electron chi connectivity index (χ0n) is 6.71. The fourth-order valence-corrected chi connectivity index (χ4v) is 0.853. The third-order valence-corrected chi connectivity index (χ3v) is 1.41. The Morgan fingerprint density at radius 1 is 1.62 bits per heavy atom. The van der Waals surface area contributed by atoms with E-state index in [0.717, 1.165) is 0 Å². The molecular weight excluding hydrogens is 196 g/mol. The van der Waals surface area contributed by atoms with E-state index in [4.69, 9.17) is 21.1 Å². The lowest BCUT2D eigenvalue weighted by Crippen LogP contribution is -2.30. The van der Waals surface area contributed by atoms with Crippen LogP contribution in [-0.2, 0) is 0 Å². The van der Waals surface area contributed by atoms with Gasteiger partial charge >= 0.3 is 6.03 Å². The Morgan fingerprint density at radius 2 is 2.38 bits per heavy atom. The zero-order valence-corrected chi connectivity index (χ0v) is 7.47. The molecule has 0 spiro atoms. The van der Waals surface area contributed by atoms with Crippen LogP contribution in [0.15, 0.2) is 16.5 Å². The van der Waals surface area contributed by atoms with E-state index in [2.05, 4.69) is 10.6 Å². The monoisotopic (exact) mass is 204 g/mol. The molecule has 6 heteroatoms. The number of aliphatic hydroxyl groups excluding tert-OH is 1. The molecule has 1 rings (SSSR count). The predicted molar refractivity (Wildman–Crippen MR) is 47.8 cm³/mol. The maximum Gasteiger partial charge on any atom is 0.321 e. The van der Waals surface area contributed by atoms with Crippen LogP contribution in [-0.4, -0.2) is 24.3 Å². The van der Waals surface area contributed by atoms with Crippen LogP contribution in [0.4, 0.5) is 10.7 Å². The summed E-state index contributed by atoms with van der Waals surface area (Å²) in [6.45, 7) is 0.0899. The lowest BCUT2D eigenvalue weighted by molar-refractivity contribution is 0.244. The molecule has 5 nitrogen and oxygen atoms in total. The number of halogens is 1. The van der Waals surface area contributed by atoms with Crippen LogP contribution in [0, 0.1) is 0 Å². The maximum absolute atomic E-state index is 10.9. The first kappa shape index (κ1) is 9.88. The Morgan fingerprint density at radius 3 is 2.92 bits per heavy atom. The van der Waals surface area contributed by atoms with E-state index < -0.39 is 6.03 Å². The number of amides is 2. The first-order valence-corrected chi connectivity index (χ1v) is 4.01. The van der Waals surface area contributed by atoms with Crippen molar-refractivity contribution in [1.82, 2.24) is 5.32 Å². The number of hydrogen-bond acceptors (Lipinski definition) is 3. The van der Waals surface area contributed by atoms with Crippen molar-refractivity contribution in [1.29, 1.82) is 0 Å². The standard InChI is InChI=1S/C7H9ClN2O3/c8-5-1-2-6(13-5)10-7(12)9-3-4-11/h1-2,11H,3-4H2,(H2,9,10,12). The minimum Gasteiger partial charge on any atom is -0.429 e. The molecule has 0 unspecified atom stereocenters. The second kappa shape index (κ2) is 4.74. The number of aliphatic hydroxyl groups is 1. The smallest absolute Gasteiger partial charge is 0.321 e. The van der Waals surface area contributed by atoms with Crippen LogP contribution < -0.4 is 10.6 Å². The molecule has 72 valence electrons. The number of rotatable bonds is 3.